The van der Waals surface area contributed by atoms with Gasteiger partial charge in [-0.05, 0) is 25.1 Å². The molecule has 25 heavy (non-hydrogen) atoms. The van der Waals surface area contributed by atoms with Gasteiger partial charge in [-0.2, -0.15) is 0 Å². The summed E-state index contributed by atoms with van der Waals surface area (Å²) < 4.78 is 25.4. The van der Waals surface area contributed by atoms with E-state index in [9.17, 15) is 14.0 Å². The maximum absolute atomic E-state index is 13.6. The SMILES string of the molecule is CCOC(=O)Cc1cn2c(C=O)c(-c3cc(F)ccc3OC)nc2s1. The van der Waals surface area contributed by atoms with E-state index in [1.165, 1.54) is 36.6 Å². The molecule has 0 saturated carbocycles. The Morgan fingerprint density at radius 3 is 2.92 bits per heavy atom. The maximum Gasteiger partial charge on any atom is 0.311 e. The van der Waals surface area contributed by atoms with Gasteiger partial charge in [-0.25, -0.2) is 9.37 Å². The van der Waals surface area contributed by atoms with Crippen LogP contribution in [0.15, 0.2) is 24.4 Å². The molecule has 0 aliphatic rings. The molecule has 2 heterocycles. The number of ether oxygens (including phenoxy) is 2. The average Bonchev–Trinajstić information content (AvgIpc) is 3.11. The van der Waals surface area contributed by atoms with Gasteiger partial charge in [0.1, 0.15) is 23.0 Å². The zero-order chi connectivity index (χ0) is 18.0. The fourth-order valence-electron chi connectivity index (χ4n) is 2.52. The first-order valence-corrected chi connectivity index (χ1v) is 8.34. The molecule has 0 spiro atoms. The molecule has 130 valence electrons. The summed E-state index contributed by atoms with van der Waals surface area (Å²) >= 11 is 1.27. The number of imidazole rings is 1. The number of nitrogens with zero attached hydrogens (tertiary/aromatic N) is 2. The van der Waals surface area contributed by atoms with Crippen LogP contribution in [0, 0.1) is 5.82 Å². The number of rotatable bonds is 6. The van der Waals surface area contributed by atoms with Crippen molar-refractivity contribution in [2.45, 2.75) is 13.3 Å². The molecular weight excluding hydrogens is 347 g/mol. The monoisotopic (exact) mass is 362 g/mol. The second-order valence-corrected chi connectivity index (χ2v) is 6.23. The lowest BCUT2D eigenvalue weighted by atomic mass is 10.1. The average molecular weight is 362 g/mol. The molecule has 0 bridgehead atoms. The number of thiazole rings is 1. The summed E-state index contributed by atoms with van der Waals surface area (Å²) in [4.78, 5) is 28.9. The van der Waals surface area contributed by atoms with Crippen molar-refractivity contribution in [3.63, 3.8) is 0 Å². The van der Waals surface area contributed by atoms with Crippen LogP contribution in [-0.2, 0) is 16.0 Å². The number of carbonyl (C=O) groups excluding carboxylic acids is 2. The number of esters is 1. The van der Waals surface area contributed by atoms with Crippen molar-refractivity contribution in [1.82, 2.24) is 9.38 Å². The molecule has 0 unspecified atom stereocenters. The van der Waals surface area contributed by atoms with Crippen molar-refractivity contribution in [2.75, 3.05) is 13.7 Å². The Morgan fingerprint density at radius 2 is 2.24 bits per heavy atom. The second-order valence-electron chi connectivity index (χ2n) is 5.14. The Kier molecular flexibility index (Phi) is 4.80. The van der Waals surface area contributed by atoms with Gasteiger partial charge in [-0.15, -0.1) is 11.3 Å². The van der Waals surface area contributed by atoms with Crippen LogP contribution in [0.1, 0.15) is 22.3 Å². The van der Waals surface area contributed by atoms with Gasteiger partial charge < -0.3 is 9.47 Å². The number of carbonyl (C=O) groups is 2. The second kappa shape index (κ2) is 7.02. The van der Waals surface area contributed by atoms with Crippen molar-refractivity contribution in [1.29, 1.82) is 0 Å². The van der Waals surface area contributed by atoms with Gasteiger partial charge in [0, 0.05) is 16.6 Å². The molecule has 0 atom stereocenters. The molecule has 0 fully saturated rings. The summed E-state index contributed by atoms with van der Waals surface area (Å²) in [5, 5.41) is 0. The summed E-state index contributed by atoms with van der Waals surface area (Å²) in [6.45, 7) is 2.05. The van der Waals surface area contributed by atoms with E-state index in [2.05, 4.69) is 4.98 Å². The van der Waals surface area contributed by atoms with Gasteiger partial charge in [0.15, 0.2) is 11.2 Å². The minimum Gasteiger partial charge on any atom is -0.496 e. The van der Waals surface area contributed by atoms with Crippen molar-refractivity contribution in [3.05, 3.63) is 40.8 Å². The predicted molar refractivity (Wildman–Crippen MR) is 90.7 cm³/mol. The van der Waals surface area contributed by atoms with Crippen LogP contribution in [-0.4, -0.2) is 35.4 Å². The predicted octanol–water partition coefficient (Wildman–Crippen LogP) is 3.13. The third-order valence-electron chi connectivity index (χ3n) is 3.56. The highest BCUT2D eigenvalue weighted by Gasteiger charge is 2.20. The summed E-state index contributed by atoms with van der Waals surface area (Å²) in [7, 11) is 1.47. The van der Waals surface area contributed by atoms with Crippen LogP contribution in [0.25, 0.3) is 16.2 Å². The molecule has 6 nitrogen and oxygen atoms in total. The first kappa shape index (κ1) is 17.1. The van der Waals surface area contributed by atoms with Gasteiger partial charge >= 0.3 is 5.97 Å². The summed E-state index contributed by atoms with van der Waals surface area (Å²) in [5.74, 6) is -0.374. The van der Waals surface area contributed by atoms with E-state index >= 15 is 0 Å². The highest BCUT2D eigenvalue weighted by Crippen LogP contribution is 2.34. The summed E-state index contributed by atoms with van der Waals surface area (Å²) in [5.41, 5.74) is 0.998. The zero-order valence-electron chi connectivity index (χ0n) is 13.6. The van der Waals surface area contributed by atoms with Crippen LogP contribution in [0.5, 0.6) is 5.75 Å². The molecule has 3 rings (SSSR count). The van der Waals surface area contributed by atoms with Crippen molar-refractivity contribution in [3.8, 4) is 17.0 Å². The van der Waals surface area contributed by atoms with Crippen LogP contribution in [0.3, 0.4) is 0 Å². The minimum absolute atomic E-state index is 0.110. The van der Waals surface area contributed by atoms with Gasteiger partial charge in [0.05, 0.1) is 20.1 Å². The minimum atomic E-state index is -0.452. The molecule has 0 N–H and O–H groups in total. The molecule has 0 aliphatic heterocycles. The smallest absolute Gasteiger partial charge is 0.311 e. The molecule has 1 aromatic carbocycles. The quantitative estimate of drug-likeness (QED) is 0.498. The van der Waals surface area contributed by atoms with Crippen LogP contribution >= 0.6 is 11.3 Å². The highest BCUT2D eigenvalue weighted by molar-refractivity contribution is 7.17. The van der Waals surface area contributed by atoms with E-state index in [1.54, 1.807) is 17.5 Å². The molecular formula is C17H15FN2O4S. The maximum atomic E-state index is 13.6. The van der Waals surface area contributed by atoms with E-state index in [0.717, 1.165) is 4.88 Å². The third kappa shape index (κ3) is 3.25. The van der Waals surface area contributed by atoms with Crippen LogP contribution < -0.4 is 4.74 Å². The molecule has 0 radical (unpaired) electrons. The molecule has 0 aliphatic carbocycles. The molecule has 8 heteroatoms. The van der Waals surface area contributed by atoms with Gasteiger partial charge in [-0.3, -0.25) is 14.0 Å². The Hall–Kier alpha value is -2.74. The van der Waals surface area contributed by atoms with Gasteiger partial charge in [0.25, 0.3) is 0 Å². The number of benzene rings is 1. The zero-order valence-corrected chi connectivity index (χ0v) is 14.4. The lowest BCUT2D eigenvalue weighted by Gasteiger charge is -2.07. The topological polar surface area (TPSA) is 69.9 Å². The molecule has 2 aromatic heterocycles. The lowest BCUT2D eigenvalue weighted by molar-refractivity contribution is -0.142. The number of halogens is 1. The summed E-state index contributed by atoms with van der Waals surface area (Å²) in [6, 6.07) is 4.04. The Balaban J connectivity index is 2.07. The van der Waals surface area contributed by atoms with Crippen molar-refractivity contribution >= 4 is 28.6 Å². The fourth-order valence-corrected chi connectivity index (χ4v) is 3.49. The Labute approximate surface area is 146 Å². The lowest BCUT2D eigenvalue weighted by Crippen LogP contribution is -2.06. The Morgan fingerprint density at radius 1 is 1.44 bits per heavy atom. The number of methoxy groups -OCH3 is 1. The highest BCUT2D eigenvalue weighted by atomic mass is 32.1. The fraction of sp³-hybridized carbons (Fsp3) is 0.235. The van der Waals surface area contributed by atoms with E-state index in [1.807, 2.05) is 0 Å². The largest absolute Gasteiger partial charge is 0.496 e. The normalized spacial score (nSPS) is 10.8. The number of hydrogen-bond acceptors (Lipinski definition) is 6. The van der Waals surface area contributed by atoms with Crippen molar-refractivity contribution in [2.24, 2.45) is 0 Å². The molecule has 0 saturated heterocycles. The number of aldehydes is 1. The van der Waals surface area contributed by atoms with Crippen molar-refractivity contribution < 1.29 is 23.5 Å². The van der Waals surface area contributed by atoms with E-state index in [0.29, 0.717) is 34.9 Å². The number of fused-ring (bicyclic) bond motifs is 1. The first-order chi connectivity index (χ1) is 12.1. The summed E-state index contributed by atoms with van der Waals surface area (Å²) in [6.07, 6.45) is 2.43. The standard InChI is InChI=1S/C17H15FN2O4S/c1-3-24-15(22)7-11-8-20-13(9-21)16(19-17(20)25-11)12-6-10(18)4-5-14(12)23-2/h4-6,8-9H,3,7H2,1-2H3. The molecule has 3 aromatic rings. The van der Waals surface area contributed by atoms with E-state index in [-0.39, 0.29) is 18.1 Å². The van der Waals surface area contributed by atoms with Gasteiger partial charge in [-0.1, -0.05) is 0 Å². The van der Waals surface area contributed by atoms with Crippen LogP contribution in [0.2, 0.25) is 0 Å². The molecule has 0 amide bonds. The van der Waals surface area contributed by atoms with Crippen LogP contribution in [0.4, 0.5) is 4.39 Å². The van der Waals surface area contributed by atoms with Gasteiger partial charge in [0.2, 0.25) is 0 Å². The number of aromatic nitrogens is 2. The number of hydrogen-bond donors (Lipinski definition) is 0. The first-order valence-electron chi connectivity index (χ1n) is 7.52. The van der Waals surface area contributed by atoms with E-state index < -0.39 is 5.82 Å². The third-order valence-corrected chi connectivity index (χ3v) is 4.55. The Bertz CT molecular complexity index is 948. The van der Waals surface area contributed by atoms with E-state index in [4.69, 9.17) is 9.47 Å².